The molecule has 0 aliphatic carbocycles. The Morgan fingerprint density at radius 2 is 1.73 bits per heavy atom. The molecule has 1 N–H and O–H groups in total. The first-order valence-electron chi connectivity index (χ1n) is 10.4. The highest BCUT2D eigenvalue weighted by molar-refractivity contribution is 6.31. The monoisotopic (exact) mass is 474 g/mol. The van der Waals surface area contributed by atoms with Crippen molar-refractivity contribution in [2.45, 2.75) is 13.5 Å². The van der Waals surface area contributed by atoms with Crippen LogP contribution < -0.4 is 0 Å². The van der Waals surface area contributed by atoms with E-state index in [9.17, 15) is 5.11 Å². The van der Waals surface area contributed by atoms with Gasteiger partial charge in [-0.05, 0) is 53.9 Å². The smallest absolute Gasteiger partial charge is 0.126 e. The summed E-state index contributed by atoms with van der Waals surface area (Å²) in [7, 11) is 1.93. The molecule has 0 aliphatic rings. The fourth-order valence-corrected chi connectivity index (χ4v) is 4.55. The largest absolute Gasteiger partial charge is 0.392 e. The second-order valence-corrected chi connectivity index (χ2v) is 8.73. The van der Waals surface area contributed by atoms with Crippen molar-refractivity contribution < 1.29 is 5.11 Å². The number of hydrogen-bond acceptors (Lipinski definition) is 4. The molecule has 33 heavy (non-hydrogen) atoms. The van der Waals surface area contributed by atoms with Crippen molar-refractivity contribution >= 4 is 34.1 Å². The maximum absolute atomic E-state index is 10.6. The summed E-state index contributed by atoms with van der Waals surface area (Å²) in [6, 6.07) is 17.2. The lowest BCUT2D eigenvalue weighted by molar-refractivity contribution is 0.283. The fourth-order valence-electron chi connectivity index (χ4n) is 4.23. The van der Waals surface area contributed by atoms with Gasteiger partial charge < -0.3 is 9.67 Å². The maximum Gasteiger partial charge on any atom is 0.126 e. The molecule has 5 rings (SSSR count). The lowest BCUT2D eigenvalue weighted by atomic mass is 9.89. The summed E-state index contributed by atoms with van der Waals surface area (Å²) in [6.07, 6.45) is 3.53. The van der Waals surface area contributed by atoms with Crippen LogP contribution in [0.5, 0.6) is 0 Å². The normalized spacial score (nSPS) is 11.3. The Balaban J connectivity index is 1.96. The molecule has 0 unspecified atom stereocenters. The van der Waals surface area contributed by atoms with Gasteiger partial charge in [-0.1, -0.05) is 47.5 Å². The number of halogens is 2. The van der Waals surface area contributed by atoms with Crippen molar-refractivity contribution in [2.24, 2.45) is 7.05 Å². The van der Waals surface area contributed by atoms with Crippen LogP contribution in [-0.4, -0.2) is 24.6 Å². The predicted octanol–water partition coefficient (Wildman–Crippen LogP) is 6.47. The predicted molar refractivity (Wildman–Crippen MR) is 133 cm³/mol. The van der Waals surface area contributed by atoms with Crippen LogP contribution >= 0.6 is 23.2 Å². The van der Waals surface area contributed by atoms with Crippen LogP contribution in [0.4, 0.5) is 0 Å². The molecule has 0 fully saturated rings. The van der Waals surface area contributed by atoms with E-state index in [1.807, 2.05) is 73.1 Å². The highest BCUT2D eigenvalue weighted by Crippen LogP contribution is 2.42. The van der Waals surface area contributed by atoms with E-state index in [0.717, 1.165) is 50.1 Å². The van der Waals surface area contributed by atoms with Crippen molar-refractivity contribution in [2.75, 3.05) is 0 Å². The van der Waals surface area contributed by atoms with Crippen LogP contribution in [0.15, 0.2) is 67.1 Å². The van der Waals surface area contributed by atoms with Gasteiger partial charge in [0, 0.05) is 33.6 Å². The van der Waals surface area contributed by atoms with Crippen molar-refractivity contribution in [3.05, 3.63) is 88.6 Å². The quantitative estimate of drug-likeness (QED) is 0.324. The summed E-state index contributed by atoms with van der Waals surface area (Å²) in [4.78, 5) is 13.9. The Morgan fingerprint density at radius 3 is 2.39 bits per heavy atom. The van der Waals surface area contributed by atoms with Gasteiger partial charge in [0.05, 0.1) is 36.0 Å². The van der Waals surface area contributed by atoms with Gasteiger partial charge in [0.1, 0.15) is 5.82 Å². The topological polar surface area (TPSA) is 63.8 Å². The number of fused-ring (bicyclic) bond motifs is 1. The summed E-state index contributed by atoms with van der Waals surface area (Å²) in [5.74, 6) is 0.646. The molecule has 2 aromatic heterocycles. The van der Waals surface area contributed by atoms with Gasteiger partial charge in [-0.3, -0.25) is 0 Å². The molecule has 7 heteroatoms. The van der Waals surface area contributed by atoms with Crippen LogP contribution in [0.3, 0.4) is 0 Å². The number of rotatable bonds is 4. The van der Waals surface area contributed by atoms with Crippen LogP contribution in [0.2, 0.25) is 10.0 Å². The summed E-state index contributed by atoms with van der Waals surface area (Å²) < 4.78 is 1.93. The van der Waals surface area contributed by atoms with E-state index in [1.165, 1.54) is 0 Å². The molecule has 0 radical (unpaired) electrons. The van der Waals surface area contributed by atoms with E-state index in [1.54, 1.807) is 12.5 Å². The average molecular weight is 475 g/mol. The Bertz CT molecular complexity index is 1490. The molecule has 164 valence electrons. The highest BCUT2D eigenvalue weighted by atomic mass is 35.5. The van der Waals surface area contributed by atoms with Crippen LogP contribution in [-0.2, 0) is 13.7 Å². The standard InChI is InChI=1S/C26H20Cl2N4O/c1-15-30-22-11-20(16-6-8-18(27)9-7-16)21(13-33)24(23-12-29-14-32(23)2)25(22)26(31-15)17-4-3-5-19(28)10-17/h3-12,14,33H,13H2,1-2H3. The fraction of sp³-hybridized carbons (Fsp3) is 0.115. The van der Waals surface area contributed by atoms with Crippen molar-refractivity contribution in [1.82, 2.24) is 19.5 Å². The zero-order chi connectivity index (χ0) is 23.1. The first-order valence-corrected chi connectivity index (χ1v) is 11.2. The zero-order valence-electron chi connectivity index (χ0n) is 18.0. The summed E-state index contributed by atoms with van der Waals surface area (Å²) in [5.41, 5.74) is 6.70. The summed E-state index contributed by atoms with van der Waals surface area (Å²) in [6.45, 7) is 1.70. The Morgan fingerprint density at radius 1 is 0.939 bits per heavy atom. The van der Waals surface area contributed by atoms with Crippen molar-refractivity contribution in [3.8, 4) is 33.6 Å². The second-order valence-electron chi connectivity index (χ2n) is 7.86. The average Bonchev–Trinajstić information content (AvgIpc) is 3.23. The minimum Gasteiger partial charge on any atom is -0.392 e. The van der Waals surface area contributed by atoms with Crippen molar-refractivity contribution in [1.29, 1.82) is 0 Å². The molecule has 0 bridgehead atoms. The number of aromatic nitrogens is 4. The number of aliphatic hydroxyl groups excluding tert-OH is 1. The summed E-state index contributed by atoms with van der Waals surface area (Å²) in [5, 5.41) is 12.7. The first-order chi connectivity index (χ1) is 16.0. The van der Waals surface area contributed by atoms with Gasteiger partial charge >= 0.3 is 0 Å². The number of nitrogens with zero attached hydrogens (tertiary/aromatic N) is 4. The number of aliphatic hydroxyl groups is 1. The van der Waals surface area contributed by atoms with Gasteiger partial charge in [-0.15, -0.1) is 0 Å². The minimum atomic E-state index is -0.169. The van der Waals surface area contributed by atoms with E-state index in [4.69, 9.17) is 33.2 Å². The van der Waals surface area contributed by atoms with E-state index < -0.39 is 0 Å². The Kier molecular flexibility index (Phi) is 5.62. The Hall–Kier alpha value is -3.25. The van der Waals surface area contributed by atoms with Gasteiger partial charge in [-0.25, -0.2) is 15.0 Å². The number of hydrogen-bond donors (Lipinski definition) is 1. The van der Waals surface area contributed by atoms with E-state index in [2.05, 4.69) is 4.98 Å². The lowest BCUT2D eigenvalue weighted by Gasteiger charge is -2.19. The van der Waals surface area contributed by atoms with Crippen LogP contribution in [0.1, 0.15) is 11.4 Å². The van der Waals surface area contributed by atoms with Gasteiger partial charge in [-0.2, -0.15) is 0 Å². The summed E-state index contributed by atoms with van der Waals surface area (Å²) >= 11 is 12.4. The molecule has 3 aromatic carbocycles. The Labute approximate surface area is 201 Å². The minimum absolute atomic E-state index is 0.169. The maximum atomic E-state index is 10.6. The van der Waals surface area contributed by atoms with Crippen LogP contribution in [0.25, 0.3) is 44.5 Å². The SMILES string of the molecule is Cc1nc(-c2cccc(Cl)c2)c2c(-c3cncn3C)c(CO)c(-c3ccc(Cl)cc3)cc2n1. The number of imidazole rings is 1. The third kappa shape index (κ3) is 3.89. The van der Waals surface area contributed by atoms with E-state index in [-0.39, 0.29) is 6.61 Å². The molecule has 5 aromatic rings. The molecule has 5 nitrogen and oxygen atoms in total. The molecule has 0 aliphatic heterocycles. The molecule has 0 saturated heterocycles. The third-order valence-electron chi connectivity index (χ3n) is 5.69. The van der Waals surface area contributed by atoms with Crippen molar-refractivity contribution in [3.63, 3.8) is 0 Å². The van der Waals surface area contributed by atoms with E-state index in [0.29, 0.717) is 15.9 Å². The molecule has 0 saturated carbocycles. The van der Waals surface area contributed by atoms with Gasteiger partial charge in [0.2, 0.25) is 0 Å². The molecular weight excluding hydrogens is 455 g/mol. The molecular formula is C26H20Cl2N4O. The highest BCUT2D eigenvalue weighted by Gasteiger charge is 2.22. The van der Waals surface area contributed by atoms with Gasteiger partial charge in [0.25, 0.3) is 0 Å². The second kappa shape index (κ2) is 8.60. The molecule has 2 heterocycles. The molecule has 0 amide bonds. The molecule has 0 atom stereocenters. The lowest BCUT2D eigenvalue weighted by Crippen LogP contribution is -2.03. The van der Waals surface area contributed by atoms with E-state index >= 15 is 0 Å². The number of benzene rings is 3. The number of aryl methyl sites for hydroxylation is 2. The van der Waals surface area contributed by atoms with Crippen LogP contribution in [0, 0.1) is 6.92 Å². The van der Waals surface area contributed by atoms with Gasteiger partial charge in [0.15, 0.2) is 0 Å². The zero-order valence-corrected chi connectivity index (χ0v) is 19.6. The molecule has 0 spiro atoms. The first kappa shape index (κ1) is 21.6. The third-order valence-corrected chi connectivity index (χ3v) is 6.18.